The van der Waals surface area contributed by atoms with Crippen LogP contribution in [0.5, 0.6) is 0 Å². The third-order valence-corrected chi connectivity index (χ3v) is 11.9. The summed E-state index contributed by atoms with van der Waals surface area (Å²) in [5, 5.41) is 1.06. The van der Waals surface area contributed by atoms with E-state index in [0.717, 1.165) is 28.2 Å². The van der Waals surface area contributed by atoms with Crippen LogP contribution in [-0.4, -0.2) is 4.98 Å². The standard InChI is InChI=1S/C43H36N2S/c1-42(2)35-16-10-8-14-31(35)33-21-18-28(24-37(33)42)45(29-19-22-34-32-15-9-11-17-36(32)43(3,4)38(34)25-29)30-20-23-40-39(26-30)44-41(46-40)27-12-6-5-7-13-27/h5-16,18-26,36H,17H2,1-4H3. The van der Waals surface area contributed by atoms with Gasteiger partial charge in [-0.3, -0.25) is 0 Å². The first-order valence-corrected chi connectivity index (χ1v) is 17.1. The number of anilines is 3. The lowest BCUT2D eigenvalue weighted by Crippen LogP contribution is -2.24. The van der Waals surface area contributed by atoms with Crippen LogP contribution in [-0.2, 0) is 10.8 Å². The van der Waals surface area contributed by atoms with Gasteiger partial charge in [-0.05, 0) is 99.2 Å². The maximum atomic E-state index is 5.13. The van der Waals surface area contributed by atoms with Crippen LogP contribution in [0.15, 0.2) is 127 Å². The van der Waals surface area contributed by atoms with Crippen LogP contribution in [0.1, 0.15) is 56.4 Å². The molecule has 46 heavy (non-hydrogen) atoms. The molecule has 1 atom stereocenters. The average Bonchev–Trinajstić information content (AvgIpc) is 3.69. The first-order valence-electron chi connectivity index (χ1n) is 16.3. The minimum absolute atomic E-state index is 0.0542. The van der Waals surface area contributed by atoms with Crippen molar-refractivity contribution >= 4 is 44.2 Å². The Morgan fingerprint density at radius 3 is 2.17 bits per heavy atom. The lowest BCUT2D eigenvalue weighted by atomic mass is 9.75. The molecular weight excluding hydrogens is 577 g/mol. The average molecular weight is 613 g/mol. The maximum absolute atomic E-state index is 5.13. The van der Waals surface area contributed by atoms with E-state index in [1.807, 2.05) is 0 Å². The summed E-state index contributed by atoms with van der Waals surface area (Å²) in [5.41, 5.74) is 15.4. The Morgan fingerprint density at radius 2 is 1.35 bits per heavy atom. The Morgan fingerprint density at radius 1 is 0.674 bits per heavy atom. The summed E-state index contributed by atoms with van der Waals surface area (Å²) in [5.74, 6) is 0.512. The van der Waals surface area contributed by atoms with Crippen molar-refractivity contribution in [2.75, 3.05) is 4.90 Å². The second kappa shape index (κ2) is 9.88. The molecule has 1 aromatic heterocycles. The van der Waals surface area contributed by atoms with Gasteiger partial charge in [-0.15, -0.1) is 11.3 Å². The predicted molar refractivity (Wildman–Crippen MR) is 196 cm³/mol. The number of fused-ring (bicyclic) bond motifs is 7. The molecule has 0 amide bonds. The molecule has 224 valence electrons. The Bertz CT molecular complexity index is 2250. The minimum atomic E-state index is -0.0772. The molecule has 0 N–H and O–H groups in total. The van der Waals surface area contributed by atoms with Crippen molar-refractivity contribution in [3.63, 3.8) is 0 Å². The highest BCUT2D eigenvalue weighted by molar-refractivity contribution is 7.21. The third-order valence-electron chi connectivity index (χ3n) is 10.8. The zero-order valence-corrected chi connectivity index (χ0v) is 27.5. The van der Waals surface area contributed by atoms with E-state index in [2.05, 4.69) is 160 Å². The fourth-order valence-corrected chi connectivity index (χ4v) is 9.22. The molecular formula is C43H36N2S. The van der Waals surface area contributed by atoms with Crippen LogP contribution >= 0.6 is 11.3 Å². The highest BCUT2D eigenvalue weighted by Crippen LogP contribution is 2.55. The zero-order chi connectivity index (χ0) is 31.2. The van der Waals surface area contributed by atoms with Crippen LogP contribution in [0.2, 0.25) is 0 Å². The van der Waals surface area contributed by atoms with E-state index >= 15 is 0 Å². The maximum Gasteiger partial charge on any atom is 0.124 e. The van der Waals surface area contributed by atoms with Crippen LogP contribution in [0.4, 0.5) is 17.1 Å². The lowest BCUT2D eigenvalue weighted by Gasteiger charge is -2.31. The largest absolute Gasteiger partial charge is 0.310 e. The van der Waals surface area contributed by atoms with Gasteiger partial charge < -0.3 is 4.90 Å². The second-order valence-corrected chi connectivity index (χ2v) is 15.1. The van der Waals surface area contributed by atoms with E-state index in [1.165, 1.54) is 55.0 Å². The quantitative estimate of drug-likeness (QED) is 0.197. The molecule has 0 saturated carbocycles. The van der Waals surface area contributed by atoms with Crippen molar-refractivity contribution < 1.29 is 0 Å². The van der Waals surface area contributed by atoms with Crippen LogP contribution in [0.3, 0.4) is 0 Å². The normalized spacial score (nSPS) is 18.1. The van der Waals surface area contributed by atoms with Crippen molar-refractivity contribution in [3.05, 3.63) is 150 Å². The van der Waals surface area contributed by atoms with E-state index in [1.54, 1.807) is 11.3 Å². The fraction of sp³-hybridized carbons (Fsp3) is 0.186. The number of benzene rings is 5. The SMILES string of the molecule is CC1(C)c2ccccc2-c2ccc(N(c3ccc4c(c3)C(C)(C)C3CC=CC=C43)c3ccc4sc(-c5ccccc5)nc4c3)cc21. The fourth-order valence-electron chi connectivity index (χ4n) is 8.27. The molecule has 1 heterocycles. The monoisotopic (exact) mass is 612 g/mol. The molecule has 3 heteroatoms. The van der Waals surface area contributed by atoms with Gasteiger partial charge in [0.1, 0.15) is 5.01 Å². The van der Waals surface area contributed by atoms with Gasteiger partial charge >= 0.3 is 0 Å². The number of rotatable bonds is 4. The first-order chi connectivity index (χ1) is 22.3. The Labute approximate surface area is 275 Å². The summed E-state index contributed by atoms with van der Waals surface area (Å²) < 4.78 is 1.20. The van der Waals surface area contributed by atoms with Gasteiger partial charge in [0.2, 0.25) is 0 Å². The van der Waals surface area contributed by atoms with Crippen molar-refractivity contribution in [1.82, 2.24) is 4.98 Å². The molecule has 0 saturated heterocycles. The van der Waals surface area contributed by atoms with Crippen LogP contribution in [0, 0.1) is 5.92 Å². The molecule has 5 aromatic carbocycles. The summed E-state index contributed by atoms with van der Waals surface area (Å²) in [6.45, 7) is 9.57. The van der Waals surface area contributed by atoms with E-state index in [0.29, 0.717) is 5.92 Å². The Hall–Kier alpha value is -4.73. The van der Waals surface area contributed by atoms with Gasteiger partial charge in [-0.1, -0.05) is 113 Å². The Kier molecular flexibility index (Phi) is 5.92. The van der Waals surface area contributed by atoms with E-state index in [-0.39, 0.29) is 10.8 Å². The summed E-state index contributed by atoms with van der Waals surface area (Å²) in [6, 6.07) is 40.4. The van der Waals surface area contributed by atoms with Crippen molar-refractivity contribution in [1.29, 1.82) is 0 Å². The number of hydrogen-bond donors (Lipinski definition) is 0. The topological polar surface area (TPSA) is 16.1 Å². The molecule has 3 aliphatic carbocycles. The highest BCUT2D eigenvalue weighted by atomic mass is 32.1. The summed E-state index contributed by atoms with van der Waals surface area (Å²) >= 11 is 1.76. The molecule has 0 fully saturated rings. The van der Waals surface area contributed by atoms with Crippen LogP contribution in [0.25, 0.3) is 37.5 Å². The minimum Gasteiger partial charge on any atom is -0.310 e. The number of allylic oxidation sites excluding steroid dienone is 4. The molecule has 0 spiro atoms. The van der Waals surface area contributed by atoms with Gasteiger partial charge in [-0.25, -0.2) is 4.98 Å². The molecule has 2 nitrogen and oxygen atoms in total. The number of aromatic nitrogens is 1. The molecule has 0 aliphatic heterocycles. The summed E-state index contributed by atoms with van der Waals surface area (Å²) in [4.78, 5) is 7.58. The Balaban J connectivity index is 1.23. The molecule has 3 aliphatic rings. The van der Waals surface area contributed by atoms with Crippen LogP contribution < -0.4 is 4.90 Å². The molecule has 0 bridgehead atoms. The van der Waals surface area contributed by atoms with Crippen molar-refractivity contribution in [3.8, 4) is 21.7 Å². The van der Waals surface area contributed by atoms with Crippen molar-refractivity contribution in [2.24, 2.45) is 5.92 Å². The van der Waals surface area contributed by atoms with Gasteiger partial charge in [-0.2, -0.15) is 0 Å². The third kappa shape index (κ3) is 3.98. The van der Waals surface area contributed by atoms with E-state index in [9.17, 15) is 0 Å². The van der Waals surface area contributed by atoms with Gasteiger partial charge in [0.15, 0.2) is 0 Å². The van der Waals surface area contributed by atoms with Gasteiger partial charge in [0.25, 0.3) is 0 Å². The summed E-state index contributed by atoms with van der Waals surface area (Å²) in [6.07, 6.45) is 7.98. The van der Waals surface area contributed by atoms with E-state index < -0.39 is 0 Å². The second-order valence-electron chi connectivity index (χ2n) is 14.1. The first kappa shape index (κ1) is 27.6. The molecule has 0 radical (unpaired) electrons. The van der Waals surface area contributed by atoms with E-state index in [4.69, 9.17) is 4.98 Å². The van der Waals surface area contributed by atoms with Gasteiger partial charge in [0, 0.05) is 28.0 Å². The summed E-state index contributed by atoms with van der Waals surface area (Å²) in [7, 11) is 0. The molecule has 6 aromatic rings. The number of thiazole rings is 1. The smallest absolute Gasteiger partial charge is 0.124 e. The zero-order valence-electron chi connectivity index (χ0n) is 26.7. The predicted octanol–water partition coefficient (Wildman–Crippen LogP) is 12.0. The van der Waals surface area contributed by atoms with Crippen molar-refractivity contribution in [2.45, 2.75) is 44.9 Å². The molecule has 9 rings (SSSR count). The molecule has 1 unspecified atom stereocenters. The lowest BCUT2D eigenvalue weighted by molar-refractivity contribution is 0.415. The number of nitrogens with zero attached hydrogens (tertiary/aromatic N) is 2. The number of hydrogen-bond acceptors (Lipinski definition) is 3. The highest BCUT2D eigenvalue weighted by Gasteiger charge is 2.43. The van der Waals surface area contributed by atoms with Gasteiger partial charge in [0.05, 0.1) is 10.2 Å².